The van der Waals surface area contributed by atoms with Gasteiger partial charge in [-0.3, -0.25) is 0 Å². The van der Waals surface area contributed by atoms with Crippen molar-refractivity contribution in [1.29, 1.82) is 0 Å². The van der Waals surface area contributed by atoms with Gasteiger partial charge in [-0.15, -0.1) is 0 Å². The Morgan fingerprint density at radius 1 is 1.19 bits per heavy atom. The number of carboxylic acids is 1. The van der Waals surface area contributed by atoms with Gasteiger partial charge < -0.3 is 15.2 Å². The summed E-state index contributed by atoms with van der Waals surface area (Å²) in [4.78, 5) is 8.90. The quantitative estimate of drug-likeness (QED) is 0.693. The summed E-state index contributed by atoms with van der Waals surface area (Å²) in [5.74, 6) is -1.32. The molecular formula is C20H29F3N2O5S. The number of sulfonamides is 1. The molecule has 0 aromatic heterocycles. The molecule has 0 aliphatic carbocycles. The fourth-order valence-corrected chi connectivity index (χ4v) is 5.78. The topological polar surface area (TPSA) is 95.9 Å². The molecule has 0 atom stereocenters. The van der Waals surface area contributed by atoms with Crippen molar-refractivity contribution in [2.75, 3.05) is 33.3 Å². The first-order chi connectivity index (χ1) is 14.5. The van der Waals surface area contributed by atoms with Crippen LogP contribution in [0.25, 0.3) is 0 Å². The van der Waals surface area contributed by atoms with E-state index in [9.17, 15) is 21.6 Å². The third kappa shape index (κ3) is 7.65. The van der Waals surface area contributed by atoms with Gasteiger partial charge in [0.15, 0.2) is 0 Å². The van der Waals surface area contributed by atoms with Crippen LogP contribution in [-0.2, 0) is 21.2 Å². The molecule has 0 radical (unpaired) electrons. The molecule has 2 fully saturated rings. The first-order valence-corrected chi connectivity index (χ1v) is 11.7. The molecule has 1 aromatic carbocycles. The van der Waals surface area contributed by atoms with Crippen molar-refractivity contribution in [3.63, 3.8) is 0 Å². The minimum atomic E-state index is -5.08. The highest BCUT2D eigenvalue weighted by Crippen LogP contribution is 2.27. The van der Waals surface area contributed by atoms with Gasteiger partial charge in [-0.25, -0.2) is 17.5 Å². The summed E-state index contributed by atoms with van der Waals surface area (Å²) in [5, 5.41) is 10.2. The first kappa shape index (κ1) is 25.4. The maximum atomic E-state index is 12.8. The van der Waals surface area contributed by atoms with E-state index in [0.29, 0.717) is 19.0 Å². The number of methoxy groups -OCH3 is 1. The lowest BCUT2D eigenvalue weighted by Crippen LogP contribution is -2.46. The number of nitrogens with zero attached hydrogens (tertiary/aromatic N) is 1. The molecule has 0 bridgehead atoms. The molecule has 0 saturated carbocycles. The van der Waals surface area contributed by atoms with E-state index in [-0.39, 0.29) is 5.25 Å². The molecule has 2 aliphatic heterocycles. The number of alkyl halides is 3. The average Bonchev–Trinajstić information content (AvgIpc) is 2.74. The number of halogens is 3. The Labute approximate surface area is 180 Å². The largest absolute Gasteiger partial charge is 0.497 e. The van der Waals surface area contributed by atoms with Gasteiger partial charge in [0.2, 0.25) is 10.0 Å². The number of piperidine rings is 2. The predicted molar refractivity (Wildman–Crippen MR) is 109 cm³/mol. The second-order valence-corrected chi connectivity index (χ2v) is 9.91. The number of rotatable bonds is 5. The maximum Gasteiger partial charge on any atom is 0.490 e. The number of benzene rings is 1. The number of ether oxygens (including phenoxy) is 1. The number of carbonyl (C=O) groups is 1. The van der Waals surface area contributed by atoms with Gasteiger partial charge in [-0.05, 0) is 68.8 Å². The van der Waals surface area contributed by atoms with Gasteiger partial charge in [-0.1, -0.05) is 12.1 Å². The highest BCUT2D eigenvalue weighted by molar-refractivity contribution is 7.89. The molecule has 2 saturated heterocycles. The van der Waals surface area contributed by atoms with Crippen LogP contribution in [0.4, 0.5) is 13.2 Å². The molecule has 0 spiro atoms. The first-order valence-electron chi connectivity index (χ1n) is 10.2. The Morgan fingerprint density at radius 3 is 2.29 bits per heavy atom. The Bertz CT molecular complexity index is 818. The molecular weight excluding hydrogens is 437 g/mol. The number of aliphatic carboxylic acids is 1. The third-order valence-corrected chi connectivity index (χ3v) is 7.94. The molecule has 2 N–H and O–H groups in total. The maximum absolute atomic E-state index is 12.8. The highest BCUT2D eigenvalue weighted by atomic mass is 32.2. The lowest BCUT2D eigenvalue weighted by atomic mass is 9.91. The Morgan fingerprint density at radius 2 is 1.77 bits per heavy atom. The van der Waals surface area contributed by atoms with Gasteiger partial charge in [-0.2, -0.15) is 13.2 Å². The highest BCUT2D eigenvalue weighted by Gasteiger charge is 2.38. The van der Waals surface area contributed by atoms with E-state index < -0.39 is 22.2 Å². The van der Waals surface area contributed by atoms with Crippen molar-refractivity contribution in [2.45, 2.75) is 43.5 Å². The Balaban J connectivity index is 0.000000423. The summed E-state index contributed by atoms with van der Waals surface area (Å²) >= 11 is 0. The fraction of sp³-hybridized carbons (Fsp3) is 0.650. The van der Waals surface area contributed by atoms with Gasteiger partial charge in [0.05, 0.1) is 12.4 Å². The SMILES string of the molecule is COc1cccc(CC2CCN(S(=O)(=O)C3CCNCC3)CC2)c1.O=C(O)C(F)(F)F. The summed E-state index contributed by atoms with van der Waals surface area (Å²) in [5.41, 5.74) is 1.27. The minimum Gasteiger partial charge on any atom is -0.497 e. The van der Waals surface area contributed by atoms with Crippen molar-refractivity contribution >= 4 is 16.0 Å². The standard InChI is InChI=1S/C18H28N2O3S.C2HF3O2/c1-23-17-4-2-3-16(14-17)13-15-7-11-20(12-8-15)24(21,22)18-5-9-19-10-6-18;3-2(4,5)1(6)7/h2-4,14-15,18-19H,5-13H2,1H3;(H,6,7). The second-order valence-electron chi connectivity index (χ2n) is 7.70. The van der Waals surface area contributed by atoms with Crippen LogP contribution >= 0.6 is 0 Å². The van der Waals surface area contributed by atoms with Crippen LogP contribution in [-0.4, -0.2) is 68.5 Å². The summed E-state index contributed by atoms with van der Waals surface area (Å²) in [6.07, 6.45) is -0.709. The number of carboxylic acid groups (broad SMARTS) is 1. The van der Waals surface area contributed by atoms with Crippen molar-refractivity contribution in [3.05, 3.63) is 29.8 Å². The van der Waals surface area contributed by atoms with Gasteiger partial charge in [0.25, 0.3) is 0 Å². The molecule has 7 nitrogen and oxygen atoms in total. The number of nitrogens with one attached hydrogen (secondary N) is 1. The molecule has 2 heterocycles. The van der Waals surface area contributed by atoms with E-state index in [2.05, 4.69) is 17.4 Å². The predicted octanol–water partition coefficient (Wildman–Crippen LogP) is 2.66. The van der Waals surface area contributed by atoms with E-state index in [1.807, 2.05) is 12.1 Å². The van der Waals surface area contributed by atoms with E-state index in [1.54, 1.807) is 11.4 Å². The van der Waals surface area contributed by atoms with Crippen LogP contribution in [0, 0.1) is 5.92 Å². The van der Waals surface area contributed by atoms with Crippen LogP contribution in [0.5, 0.6) is 5.75 Å². The fourth-order valence-electron chi connectivity index (χ4n) is 3.80. The molecule has 11 heteroatoms. The second kappa shape index (κ2) is 11.1. The normalized spacial score (nSPS) is 19.4. The smallest absolute Gasteiger partial charge is 0.490 e. The molecule has 2 aliphatic rings. The van der Waals surface area contributed by atoms with E-state index in [0.717, 1.165) is 50.9 Å². The van der Waals surface area contributed by atoms with Crippen LogP contribution in [0.2, 0.25) is 0 Å². The zero-order chi connectivity index (χ0) is 23.1. The van der Waals surface area contributed by atoms with Crippen LogP contribution in [0.1, 0.15) is 31.2 Å². The monoisotopic (exact) mass is 466 g/mol. The molecule has 1 aromatic rings. The van der Waals surface area contributed by atoms with E-state index in [4.69, 9.17) is 14.6 Å². The zero-order valence-corrected chi connectivity index (χ0v) is 18.2. The van der Waals surface area contributed by atoms with Crippen LogP contribution in [0.15, 0.2) is 24.3 Å². The van der Waals surface area contributed by atoms with E-state index in [1.165, 1.54) is 5.56 Å². The Hall–Kier alpha value is -1.85. The third-order valence-electron chi connectivity index (χ3n) is 5.54. The molecule has 0 amide bonds. The summed E-state index contributed by atoms with van der Waals surface area (Å²) in [6, 6.07) is 8.18. The van der Waals surface area contributed by atoms with Gasteiger partial charge in [0, 0.05) is 13.1 Å². The van der Waals surface area contributed by atoms with Gasteiger partial charge >= 0.3 is 12.1 Å². The lowest BCUT2D eigenvalue weighted by Gasteiger charge is -2.35. The Kier molecular flexibility index (Phi) is 9.14. The summed E-state index contributed by atoms with van der Waals surface area (Å²) in [6.45, 7) is 2.97. The average molecular weight is 467 g/mol. The summed E-state index contributed by atoms with van der Waals surface area (Å²) < 4.78 is 64.3. The van der Waals surface area contributed by atoms with E-state index >= 15 is 0 Å². The zero-order valence-electron chi connectivity index (χ0n) is 17.4. The number of hydrogen-bond acceptors (Lipinski definition) is 5. The van der Waals surface area contributed by atoms with Crippen molar-refractivity contribution in [1.82, 2.24) is 9.62 Å². The van der Waals surface area contributed by atoms with Crippen molar-refractivity contribution < 1.29 is 36.2 Å². The van der Waals surface area contributed by atoms with Crippen LogP contribution in [0.3, 0.4) is 0 Å². The van der Waals surface area contributed by atoms with Crippen molar-refractivity contribution in [3.8, 4) is 5.75 Å². The van der Waals surface area contributed by atoms with Gasteiger partial charge in [0.1, 0.15) is 5.75 Å². The minimum absolute atomic E-state index is 0.186. The molecule has 3 rings (SSSR count). The number of hydrogen-bond donors (Lipinski definition) is 2. The van der Waals surface area contributed by atoms with Crippen molar-refractivity contribution in [2.24, 2.45) is 5.92 Å². The lowest BCUT2D eigenvalue weighted by molar-refractivity contribution is -0.192. The summed E-state index contributed by atoms with van der Waals surface area (Å²) in [7, 11) is -1.43. The molecule has 0 unspecified atom stereocenters. The molecule has 176 valence electrons. The molecule has 31 heavy (non-hydrogen) atoms. The van der Waals surface area contributed by atoms with Crippen LogP contribution < -0.4 is 10.1 Å².